The molecule has 1 unspecified atom stereocenters. The van der Waals surface area contributed by atoms with Crippen LogP contribution >= 0.6 is 15.9 Å². The van der Waals surface area contributed by atoms with E-state index in [1.54, 1.807) is 6.07 Å². The van der Waals surface area contributed by atoms with E-state index in [2.05, 4.69) is 26.1 Å². The normalized spacial score (nSPS) is 12.9. The molecule has 0 aliphatic heterocycles. The van der Waals surface area contributed by atoms with Gasteiger partial charge in [0, 0.05) is 29.2 Å². The van der Waals surface area contributed by atoms with E-state index in [1.165, 1.54) is 6.07 Å². The molecule has 0 heterocycles. The Bertz CT molecular complexity index is 388. The molecule has 0 fully saturated rings. The van der Waals surface area contributed by atoms with Gasteiger partial charge in [0.05, 0.1) is 13.2 Å². The van der Waals surface area contributed by atoms with Crippen molar-refractivity contribution in [3.8, 4) is 0 Å². The van der Waals surface area contributed by atoms with Crippen molar-refractivity contribution in [3.63, 3.8) is 0 Å². The van der Waals surface area contributed by atoms with E-state index in [-0.39, 0.29) is 11.9 Å². The van der Waals surface area contributed by atoms with Crippen LogP contribution in [-0.4, -0.2) is 45.3 Å². The maximum absolute atomic E-state index is 13.7. The van der Waals surface area contributed by atoms with Gasteiger partial charge in [-0.3, -0.25) is 0 Å². The summed E-state index contributed by atoms with van der Waals surface area (Å²) in [6.45, 7) is 4.93. The molecule has 0 spiro atoms. The van der Waals surface area contributed by atoms with Crippen molar-refractivity contribution < 1.29 is 9.13 Å². The number of rotatable bonds is 8. The van der Waals surface area contributed by atoms with Crippen molar-refractivity contribution in [1.82, 2.24) is 10.2 Å². The number of likely N-dealkylation sites (N-methyl/N-ethyl adjacent to an activating group) is 1. The number of ether oxygens (including phenoxy) is 1. The first-order valence-electron chi connectivity index (χ1n) is 6.41. The highest BCUT2D eigenvalue weighted by atomic mass is 79.9. The Balaban J connectivity index is 2.25. The van der Waals surface area contributed by atoms with Gasteiger partial charge < -0.3 is 15.0 Å². The summed E-state index contributed by atoms with van der Waals surface area (Å²) in [6.07, 6.45) is 0. The molecule has 108 valence electrons. The minimum atomic E-state index is -0.192. The second-order valence-electron chi connectivity index (χ2n) is 4.76. The summed E-state index contributed by atoms with van der Waals surface area (Å²) >= 11 is 3.25. The number of hydrogen-bond acceptors (Lipinski definition) is 3. The van der Waals surface area contributed by atoms with Gasteiger partial charge in [0.25, 0.3) is 0 Å². The van der Waals surface area contributed by atoms with Crippen LogP contribution in [0.1, 0.15) is 18.5 Å². The minimum Gasteiger partial charge on any atom is -0.379 e. The van der Waals surface area contributed by atoms with E-state index in [0.29, 0.717) is 18.7 Å². The van der Waals surface area contributed by atoms with Gasteiger partial charge in [0.15, 0.2) is 0 Å². The minimum absolute atomic E-state index is 0.0226. The van der Waals surface area contributed by atoms with Gasteiger partial charge in [-0.15, -0.1) is 0 Å². The van der Waals surface area contributed by atoms with Gasteiger partial charge in [-0.2, -0.15) is 0 Å². The van der Waals surface area contributed by atoms with E-state index >= 15 is 0 Å². The van der Waals surface area contributed by atoms with Crippen LogP contribution in [0.5, 0.6) is 0 Å². The Morgan fingerprint density at radius 1 is 1.37 bits per heavy atom. The Hall–Kier alpha value is -0.490. The lowest BCUT2D eigenvalue weighted by molar-refractivity contribution is 0.118. The monoisotopic (exact) mass is 332 g/mol. The molecule has 0 aliphatic rings. The fraction of sp³-hybridized carbons (Fsp3) is 0.571. The highest BCUT2D eigenvalue weighted by molar-refractivity contribution is 9.10. The molecule has 0 saturated heterocycles. The second-order valence-corrected chi connectivity index (χ2v) is 5.67. The zero-order valence-electron chi connectivity index (χ0n) is 11.7. The smallest absolute Gasteiger partial charge is 0.129 e. The number of nitrogens with zero attached hydrogens (tertiary/aromatic N) is 1. The van der Waals surface area contributed by atoms with Gasteiger partial charge in [-0.05, 0) is 33.2 Å². The van der Waals surface area contributed by atoms with Gasteiger partial charge in [0.2, 0.25) is 0 Å². The number of halogens is 2. The fourth-order valence-electron chi connectivity index (χ4n) is 1.66. The Labute approximate surface area is 123 Å². The first-order chi connectivity index (χ1) is 9.00. The van der Waals surface area contributed by atoms with Crippen molar-refractivity contribution in [1.29, 1.82) is 0 Å². The Morgan fingerprint density at radius 3 is 2.74 bits per heavy atom. The van der Waals surface area contributed by atoms with E-state index in [4.69, 9.17) is 4.74 Å². The molecule has 0 aromatic heterocycles. The highest BCUT2D eigenvalue weighted by Gasteiger charge is 2.10. The number of nitrogens with one attached hydrogen (secondary N) is 1. The second kappa shape index (κ2) is 8.64. The summed E-state index contributed by atoms with van der Waals surface area (Å²) in [5.41, 5.74) is 0.677. The third-order valence-electron chi connectivity index (χ3n) is 2.81. The average Bonchev–Trinajstić information content (AvgIpc) is 2.32. The lowest BCUT2D eigenvalue weighted by Crippen LogP contribution is -2.25. The molecule has 0 aliphatic carbocycles. The molecule has 0 bridgehead atoms. The van der Waals surface area contributed by atoms with Gasteiger partial charge >= 0.3 is 0 Å². The summed E-state index contributed by atoms with van der Waals surface area (Å²) in [7, 11) is 4.03. The molecule has 5 heteroatoms. The predicted octanol–water partition coefficient (Wildman–Crippen LogP) is 2.82. The SMILES string of the molecule is CC(NCCOCCN(C)C)c1ccc(Br)cc1F. The first-order valence-corrected chi connectivity index (χ1v) is 7.21. The van der Waals surface area contributed by atoms with E-state index in [1.807, 2.05) is 27.1 Å². The van der Waals surface area contributed by atoms with Crippen LogP contribution in [-0.2, 0) is 4.74 Å². The van der Waals surface area contributed by atoms with Crippen molar-refractivity contribution in [3.05, 3.63) is 34.1 Å². The van der Waals surface area contributed by atoms with Crippen LogP contribution < -0.4 is 5.32 Å². The predicted molar refractivity (Wildman–Crippen MR) is 79.9 cm³/mol. The summed E-state index contributed by atoms with van der Waals surface area (Å²) in [6, 6.07) is 5.11. The van der Waals surface area contributed by atoms with Crippen LogP contribution in [0.25, 0.3) is 0 Å². The molecule has 19 heavy (non-hydrogen) atoms. The molecule has 0 saturated carbocycles. The molecular formula is C14H22BrFN2O. The molecule has 1 N–H and O–H groups in total. The highest BCUT2D eigenvalue weighted by Crippen LogP contribution is 2.20. The maximum Gasteiger partial charge on any atom is 0.129 e. The third-order valence-corrected chi connectivity index (χ3v) is 3.30. The van der Waals surface area contributed by atoms with Crippen LogP contribution in [0.3, 0.4) is 0 Å². The summed E-state index contributed by atoms with van der Waals surface area (Å²) in [5.74, 6) is -0.192. The molecule has 1 rings (SSSR count). The first kappa shape index (κ1) is 16.6. The Kier molecular flexibility index (Phi) is 7.53. The van der Waals surface area contributed by atoms with Crippen molar-refractivity contribution >= 4 is 15.9 Å². The van der Waals surface area contributed by atoms with Crippen LogP contribution in [0.2, 0.25) is 0 Å². The maximum atomic E-state index is 13.7. The summed E-state index contributed by atoms with van der Waals surface area (Å²) in [5, 5.41) is 3.25. The zero-order valence-corrected chi connectivity index (χ0v) is 13.3. The molecule has 1 atom stereocenters. The standard InChI is InChI=1S/C14H22BrFN2O/c1-11(13-5-4-12(15)10-14(13)16)17-6-8-19-9-7-18(2)3/h4-5,10-11,17H,6-9H2,1-3H3. The molecule has 1 aromatic rings. The largest absolute Gasteiger partial charge is 0.379 e. The molecule has 3 nitrogen and oxygen atoms in total. The van der Waals surface area contributed by atoms with Crippen molar-refractivity contribution in [2.24, 2.45) is 0 Å². The third kappa shape index (κ3) is 6.47. The quantitative estimate of drug-likeness (QED) is 0.741. The topological polar surface area (TPSA) is 24.5 Å². The van der Waals surface area contributed by atoms with Crippen LogP contribution in [0.15, 0.2) is 22.7 Å². The summed E-state index contributed by atoms with van der Waals surface area (Å²) < 4.78 is 19.9. The number of benzene rings is 1. The molecule has 0 amide bonds. The van der Waals surface area contributed by atoms with Gasteiger partial charge in [-0.1, -0.05) is 22.0 Å². The number of hydrogen-bond donors (Lipinski definition) is 1. The van der Waals surface area contributed by atoms with Crippen molar-refractivity contribution in [2.45, 2.75) is 13.0 Å². The summed E-state index contributed by atoms with van der Waals surface area (Å²) in [4.78, 5) is 2.08. The molecule has 0 radical (unpaired) electrons. The van der Waals surface area contributed by atoms with Crippen LogP contribution in [0.4, 0.5) is 4.39 Å². The van der Waals surface area contributed by atoms with E-state index in [9.17, 15) is 4.39 Å². The molecular weight excluding hydrogens is 311 g/mol. The lowest BCUT2D eigenvalue weighted by Gasteiger charge is -2.16. The Morgan fingerprint density at radius 2 is 2.11 bits per heavy atom. The van der Waals surface area contributed by atoms with Gasteiger partial charge in [-0.25, -0.2) is 4.39 Å². The lowest BCUT2D eigenvalue weighted by atomic mass is 10.1. The zero-order chi connectivity index (χ0) is 14.3. The molecule has 1 aromatic carbocycles. The van der Waals surface area contributed by atoms with Crippen molar-refractivity contribution in [2.75, 3.05) is 40.4 Å². The fourth-order valence-corrected chi connectivity index (χ4v) is 1.99. The van der Waals surface area contributed by atoms with E-state index < -0.39 is 0 Å². The van der Waals surface area contributed by atoms with E-state index in [0.717, 1.165) is 17.6 Å². The van der Waals surface area contributed by atoms with Gasteiger partial charge in [0.1, 0.15) is 5.82 Å². The van der Waals surface area contributed by atoms with Crippen LogP contribution in [0, 0.1) is 5.82 Å². The average molecular weight is 333 g/mol.